The molecule has 134 valence electrons. The smallest absolute Gasteiger partial charge is 0.243 e. The zero-order valence-electron chi connectivity index (χ0n) is 13.7. The molecule has 1 N–H and O–H groups in total. The summed E-state index contributed by atoms with van der Waals surface area (Å²) in [5, 5.41) is 2.80. The van der Waals surface area contributed by atoms with Gasteiger partial charge in [0.2, 0.25) is 15.9 Å². The summed E-state index contributed by atoms with van der Waals surface area (Å²) >= 11 is 0. The third-order valence-electron chi connectivity index (χ3n) is 3.82. The van der Waals surface area contributed by atoms with Crippen LogP contribution in [0, 0.1) is 0 Å². The Labute approximate surface area is 148 Å². The first-order valence-corrected chi connectivity index (χ1v) is 8.84. The minimum absolute atomic E-state index is 0. The number of rotatable bonds is 5. The average molecular weight is 376 g/mol. The minimum Gasteiger partial charge on any atom is -0.339 e. The Morgan fingerprint density at radius 3 is 2.08 bits per heavy atom. The van der Waals surface area contributed by atoms with Crippen molar-refractivity contribution in [3.8, 4) is 0 Å². The second-order valence-electron chi connectivity index (χ2n) is 5.40. The number of benzene rings is 1. The number of nitrogens with one attached hydrogen (secondary N) is 1. The molecule has 1 saturated heterocycles. The second-order valence-corrected chi connectivity index (χ2v) is 7.33. The van der Waals surface area contributed by atoms with Crippen molar-refractivity contribution in [2.75, 3.05) is 39.8 Å². The number of carbonyl (C=O) groups excluding carboxylic acids is 2. The maximum Gasteiger partial charge on any atom is 0.243 e. The van der Waals surface area contributed by atoms with Gasteiger partial charge in [0.1, 0.15) is 0 Å². The van der Waals surface area contributed by atoms with Gasteiger partial charge in [-0.1, -0.05) is 12.1 Å². The highest BCUT2D eigenvalue weighted by molar-refractivity contribution is 7.89. The molecular weight excluding hydrogens is 354 g/mol. The van der Waals surface area contributed by atoms with Gasteiger partial charge in [0, 0.05) is 31.7 Å². The molecular formula is C15H22ClN3O4S. The van der Waals surface area contributed by atoms with Crippen LogP contribution in [0.1, 0.15) is 17.3 Å². The largest absolute Gasteiger partial charge is 0.339 e. The van der Waals surface area contributed by atoms with Crippen LogP contribution in [-0.4, -0.2) is 69.1 Å². The number of sulfonamides is 1. The van der Waals surface area contributed by atoms with Gasteiger partial charge in [0.15, 0.2) is 5.78 Å². The fourth-order valence-electron chi connectivity index (χ4n) is 2.45. The lowest BCUT2D eigenvalue weighted by atomic mass is 10.2. The Hall–Kier alpha value is -1.48. The Kier molecular flexibility index (Phi) is 7.34. The van der Waals surface area contributed by atoms with Crippen molar-refractivity contribution in [2.45, 2.75) is 11.8 Å². The van der Waals surface area contributed by atoms with Crippen molar-refractivity contribution in [1.82, 2.24) is 14.5 Å². The predicted molar refractivity (Wildman–Crippen MR) is 93.0 cm³/mol. The molecule has 0 bridgehead atoms. The molecule has 1 aliphatic rings. The van der Waals surface area contributed by atoms with Crippen LogP contribution in [-0.2, 0) is 14.8 Å². The van der Waals surface area contributed by atoms with Crippen molar-refractivity contribution in [2.24, 2.45) is 0 Å². The second kappa shape index (κ2) is 8.57. The molecule has 0 atom stereocenters. The number of carbonyl (C=O) groups is 2. The first-order chi connectivity index (χ1) is 10.9. The normalized spacial score (nSPS) is 15.7. The van der Waals surface area contributed by atoms with Crippen LogP contribution in [0.4, 0.5) is 0 Å². The van der Waals surface area contributed by atoms with E-state index in [9.17, 15) is 18.0 Å². The molecule has 0 aromatic heterocycles. The summed E-state index contributed by atoms with van der Waals surface area (Å²) in [6, 6.07) is 5.93. The number of ketones is 1. The highest BCUT2D eigenvalue weighted by Crippen LogP contribution is 2.18. The minimum atomic E-state index is -3.60. The third-order valence-corrected chi connectivity index (χ3v) is 5.73. The summed E-state index contributed by atoms with van der Waals surface area (Å²) in [7, 11) is -1.90. The Morgan fingerprint density at radius 2 is 1.62 bits per heavy atom. The molecule has 1 heterocycles. The molecule has 1 amide bonds. The summed E-state index contributed by atoms with van der Waals surface area (Å²) in [6.45, 7) is 2.99. The zero-order valence-corrected chi connectivity index (χ0v) is 15.3. The molecule has 0 saturated carbocycles. The molecule has 0 aliphatic carbocycles. The van der Waals surface area contributed by atoms with Gasteiger partial charge in [-0.05, 0) is 26.1 Å². The molecule has 1 fully saturated rings. The Balaban J connectivity index is 0.00000288. The molecule has 1 aromatic rings. The molecule has 7 nitrogen and oxygen atoms in total. The topological polar surface area (TPSA) is 86.8 Å². The highest BCUT2D eigenvalue weighted by atomic mass is 35.5. The number of amides is 1. The van der Waals surface area contributed by atoms with Crippen LogP contribution in [0.15, 0.2) is 29.2 Å². The van der Waals surface area contributed by atoms with Crippen LogP contribution in [0.5, 0.6) is 0 Å². The van der Waals surface area contributed by atoms with E-state index in [-0.39, 0.29) is 48.6 Å². The quantitative estimate of drug-likeness (QED) is 0.751. The molecule has 9 heteroatoms. The van der Waals surface area contributed by atoms with Crippen molar-refractivity contribution in [3.05, 3.63) is 29.8 Å². The van der Waals surface area contributed by atoms with Crippen molar-refractivity contribution in [1.29, 1.82) is 0 Å². The van der Waals surface area contributed by atoms with Crippen molar-refractivity contribution >= 4 is 34.1 Å². The van der Waals surface area contributed by atoms with Gasteiger partial charge in [0.05, 0.1) is 11.4 Å². The summed E-state index contributed by atoms with van der Waals surface area (Å²) < 4.78 is 26.6. The van der Waals surface area contributed by atoms with E-state index in [0.717, 1.165) is 0 Å². The lowest BCUT2D eigenvalue weighted by Gasteiger charge is -2.34. The highest BCUT2D eigenvalue weighted by Gasteiger charge is 2.29. The van der Waals surface area contributed by atoms with E-state index in [1.807, 2.05) is 0 Å². The van der Waals surface area contributed by atoms with Gasteiger partial charge in [-0.2, -0.15) is 4.31 Å². The third kappa shape index (κ3) is 4.54. The van der Waals surface area contributed by atoms with Gasteiger partial charge < -0.3 is 10.2 Å². The van der Waals surface area contributed by atoms with E-state index in [1.54, 1.807) is 11.9 Å². The molecule has 2 rings (SSSR count). The maximum absolute atomic E-state index is 12.6. The number of hydrogen-bond acceptors (Lipinski definition) is 5. The molecule has 0 unspecified atom stereocenters. The zero-order chi connectivity index (χ0) is 17.0. The SMILES string of the molecule is CNCC(=O)N1CCN(S(=O)(=O)c2ccc(C(C)=O)cc2)CC1.Cl. The number of likely N-dealkylation sites (N-methyl/N-ethyl adjacent to an activating group) is 1. The number of piperazine rings is 1. The van der Waals surface area contributed by atoms with Gasteiger partial charge in [-0.25, -0.2) is 8.42 Å². The first kappa shape index (κ1) is 20.6. The molecule has 1 aliphatic heterocycles. The molecule has 1 aromatic carbocycles. The van der Waals surface area contributed by atoms with Gasteiger partial charge in [0.25, 0.3) is 0 Å². The Bertz CT molecular complexity index is 683. The lowest BCUT2D eigenvalue weighted by molar-refractivity contribution is -0.131. The molecule has 0 spiro atoms. The number of hydrogen-bond donors (Lipinski definition) is 1. The fourth-order valence-corrected chi connectivity index (χ4v) is 3.87. The van der Waals surface area contributed by atoms with Crippen LogP contribution in [0.3, 0.4) is 0 Å². The van der Waals surface area contributed by atoms with E-state index < -0.39 is 10.0 Å². The van der Waals surface area contributed by atoms with Crippen molar-refractivity contribution in [3.63, 3.8) is 0 Å². The van der Waals surface area contributed by atoms with E-state index >= 15 is 0 Å². The number of Topliss-reactive ketones (excluding diaryl/α,β-unsaturated/α-hetero) is 1. The lowest BCUT2D eigenvalue weighted by Crippen LogP contribution is -2.52. The monoisotopic (exact) mass is 375 g/mol. The first-order valence-electron chi connectivity index (χ1n) is 7.40. The Morgan fingerprint density at radius 1 is 1.08 bits per heavy atom. The molecule has 0 radical (unpaired) electrons. The van der Waals surface area contributed by atoms with E-state index in [1.165, 1.54) is 35.5 Å². The van der Waals surface area contributed by atoms with E-state index in [2.05, 4.69) is 5.32 Å². The summed E-state index contributed by atoms with van der Waals surface area (Å²) in [5.74, 6) is -0.138. The standard InChI is InChI=1S/C15H21N3O4S.ClH/c1-12(19)13-3-5-14(6-4-13)23(21,22)18-9-7-17(8-10-18)15(20)11-16-2;/h3-6,16H,7-11H2,1-2H3;1H. The number of halogens is 1. The van der Waals surface area contributed by atoms with Crippen LogP contribution < -0.4 is 5.32 Å². The number of nitrogens with zero attached hydrogens (tertiary/aromatic N) is 2. The van der Waals surface area contributed by atoms with Gasteiger partial charge in [-0.15, -0.1) is 12.4 Å². The average Bonchev–Trinajstić information content (AvgIpc) is 2.55. The predicted octanol–water partition coefficient (Wildman–Crippen LogP) is 0.363. The van der Waals surface area contributed by atoms with E-state index in [0.29, 0.717) is 18.7 Å². The maximum atomic E-state index is 12.6. The van der Waals surface area contributed by atoms with Gasteiger partial charge >= 0.3 is 0 Å². The van der Waals surface area contributed by atoms with Gasteiger partial charge in [-0.3, -0.25) is 9.59 Å². The fraction of sp³-hybridized carbons (Fsp3) is 0.467. The molecule has 24 heavy (non-hydrogen) atoms. The van der Waals surface area contributed by atoms with Crippen LogP contribution in [0.2, 0.25) is 0 Å². The van der Waals surface area contributed by atoms with Crippen LogP contribution >= 0.6 is 12.4 Å². The van der Waals surface area contributed by atoms with Crippen molar-refractivity contribution < 1.29 is 18.0 Å². The summed E-state index contributed by atoms with van der Waals surface area (Å²) in [5.41, 5.74) is 0.478. The van der Waals surface area contributed by atoms with E-state index in [4.69, 9.17) is 0 Å². The van der Waals surface area contributed by atoms with Crippen LogP contribution in [0.25, 0.3) is 0 Å². The summed E-state index contributed by atoms with van der Waals surface area (Å²) in [4.78, 5) is 24.9. The summed E-state index contributed by atoms with van der Waals surface area (Å²) in [6.07, 6.45) is 0.